The minimum atomic E-state index is 0.0109. The van der Waals surface area contributed by atoms with Gasteiger partial charge >= 0.3 is 0 Å². The van der Waals surface area contributed by atoms with Gasteiger partial charge in [0, 0.05) is 23.9 Å². The molecule has 2 aromatic heterocycles. The van der Waals surface area contributed by atoms with E-state index in [9.17, 15) is 4.79 Å². The predicted octanol–water partition coefficient (Wildman–Crippen LogP) is 4.05. The first-order valence-electron chi connectivity index (χ1n) is 7.36. The van der Waals surface area contributed by atoms with Gasteiger partial charge in [-0.3, -0.25) is 4.79 Å². The largest absolute Gasteiger partial charge is 0.345 e. The van der Waals surface area contributed by atoms with Crippen molar-refractivity contribution in [3.63, 3.8) is 0 Å². The molecule has 0 aliphatic heterocycles. The number of carbonyl (C=O) groups excluding carboxylic acids is 1. The smallest absolute Gasteiger partial charge is 0.253 e. The Balaban J connectivity index is 1.60. The zero-order valence-corrected chi connectivity index (χ0v) is 13.4. The molecule has 4 nitrogen and oxygen atoms in total. The lowest BCUT2D eigenvalue weighted by Crippen LogP contribution is -2.26. The van der Waals surface area contributed by atoms with Crippen LogP contribution < -0.4 is 0 Å². The summed E-state index contributed by atoms with van der Waals surface area (Å²) in [7, 11) is 1.84. The Hall–Kier alpha value is -2.66. The molecule has 0 saturated heterocycles. The van der Waals surface area contributed by atoms with Gasteiger partial charge in [-0.15, -0.1) is 11.3 Å². The first kappa shape index (κ1) is 14.0. The lowest BCUT2D eigenvalue weighted by atomic mass is 10.1. The van der Waals surface area contributed by atoms with Crippen molar-refractivity contribution in [1.82, 2.24) is 14.9 Å². The summed E-state index contributed by atoms with van der Waals surface area (Å²) in [6.45, 7) is 0.601. The molecule has 0 saturated carbocycles. The molecule has 5 heteroatoms. The van der Waals surface area contributed by atoms with E-state index in [2.05, 4.69) is 27.5 Å². The van der Waals surface area contributed by atoms with Crippen LogP contribution >= 0.6 is 11.3 Å². The van der Waals surface area contributed by atoms with Crippen LogP contribution in [0.5, 0.6) is 0 Å². The molecule has 0 unspecified atom stereocenters. The van der Waals surface area contributed by atoms with Crippen LogP contribution in [0, 0.1) is 0 Å². The first-order valence-corrected chi connectivity index (χ1v) is 8.24. The SMILES string of the molecule is CN(Cc1csc2ccccc12)C(=O)c1ccc2nc[nH]c2c1. The fraction of sp³-hybridized carbons (Fsp3) is 0.111. The molecular formula is C18H15N3OS. The van der Waals surface area contributed by atoms with E-state index in [0.717, 1.165) is 11.0 Å². The zero-order chi connectivity index (χ0) is 15.8. The van der Waals surface area contributed by atoms with Crippen molar-refractivity contribution >= 4 is 38.4 Å². The number of aromatic amines is 1. The molecule has 4 rings (SSSR count). The van der Waals surface area contributed by atoms with Gasteiger partial charge in [-0.05, 0) is 40.6 Å². The Morgan fingerprint density at radius 2 is 2.13 bits per heavy atom. The summed E-state index contributed by atoms with van der Waals surface area (Å²) in [5, 5.41) is 3.35. The summed E-state index contributed by atoms with van der Waals surface area (Å²) in [6.07, 6.45) is 1.64. The number of rotatable bonds is 3. The van der Waals surface area contributed by atoms with Gasteiger partial charge in [0.15, 0.2) is 0 Å². The van der Waals surface area contributed by atoms with E-state index in [1.807, 2.05) is 37.4 Å². The van der Waals surface area contributed by atoms with E-state index in [1.165, 1.54) is 15.6 Å². The Bertz CT molecular complexity index is 1000. The van der Waals surface area contributed by atoms with Crippen molar-refractivity contribution in [2.45, 2.75) is 6.54 Å². The number of benzene rings is 2. The standard InChI is InChI=1S/C18H15N3OS/c1-21(9-13-10-23-17-5-3-2-4-14(13)17)18(22)12-6-7-15-16(8-12)20-11-19-15/h2-8,10-11H,9H2,1H3,(H,19,20). The number of hydrogen-bond acceptors (Lipinski definition) is 3. The number of hydrogen-bond donors (Lipinski definition) is 1. The second-order valence-electron chi connectivity index (χ2n) is 5.55. The fourth-order valence-corrected chi connectivity index (χ4v) is 3.73. The molecule has 2 heterocycles. The number of imidazole rings is 1. The van der Waals surface area contributed by atoms with E-state index >= 15 is 0 Å². The third-order valence-electron chi connectivity index (χ3n) is 3.98. The van der Waals surface area contributed by atoms with Gasteiger partial charge in [0.25, 0.3) is 5.91 Å². The molecule has 1 N–H and O–H groups in total. The number of fused-ring (bicyclic) bond motifs is 2. The highest BCUT2D eigenvalue weighted by Gasteiger charge is 2.14. The number of H-pyrrole nitrogens is 1. The van der Waals surface area contributed by atoms with Crippen LogP contribution in [0.4, 0.5) is 0 Å². The van der Waals surface area contributed by atoms with Gasteiger partial charge in [-0.2, -0.15) is 0 Å². The van der Waals surface area contributed by atoms with Crippen LogP contribution in [0.25, 0.3) is 21.1 Å². The van der Waals surface area contributed by atoms with Crippen LogP contribution in [-0.4, -0.2) is 27.8 Å². The summed E-state index contributed by atoms with van der Waals surface area (Å²) in [4.78, 5) is 21.6. The number of carbonyl (C=O) groups is 1. The number of nitrogens with zero attached hydrogens (tertiary/aromatic N) is 2. The van der Waals surface area contributed by atoms with E-state index in [1.54, 1.807) is 22.6 Å². The number of aromatic nitrogens is 2. The van der Waals surface area contributed by atoms with Gasteiger partial charge in [-0.1, -0.05) is 18.2 Å². The third-order valence-corrected chi connectivity index (χ3v) is 4.99. The monoisotopic (exact) mass is 321 g/mol. The maximum absolute atomic E-state index is 12.7. The van der Waals surface area contributed by atoms with Crippen molar-refractivity contribution in [2.75, 3.05) is 7.05 Å². The van der Waals surface area contributed by atoms with E-state index in [-0.39, 0.29) is 5.91 Å². The summed E-state index contributed by atoms with van der Waals surface area (Å²) in [5.41, 5.74) is 3.60. The molecule has 0 aliphatic rings. The van der Waals surface area contributed by atoms with Crippen LogP contribution in [-0.2, 0) is 6.54 Å². The van der Waals surface area contributed by atoms with Crippen molar-refractivity contribution in [1.29, 1.82) is 0 Å². The molecule has 0 spiro atoms. The quantitative estimate of drug-likeness (QED) is 0.619. The zero-order valence-electron chi connectivity index (χ0n) is 12.6. The van der Waals surface area contributed by atoms with Crippen LogP contribution in [0.3, 0.4) is 0 Å². The first-order chi connectivity index (χ1) is 11.2. The van der Waals surface area contributed by atoms with Crippen molar-refractivity contribution in [2.24, 2.45) is 0 Å². The van der Waals surface area contributed by atoms with Crippen LogP contribution in [0.2, 0.25) is 0 Å². The Labute approximate surface area is 137 Å². The highest BCUT2D eigenvalue weighted by atomic mass is 32.1. The lowest BCUT2D eigenvalue weighted by molar-refractivity contribution is 0.0786. The van der Waals surface area contributed by atoms with Crippen molar-refractivity contribution < 1.29 is 4.79 Å². The second-order valence-corrected chi connectivity index (χ2v) is 6.46. The second kappa shape index (κ2) is 5.52. The predicted molar refractivity (Wildman–Crippen MR) is 93.7 cm³/mol. The van der Waals surface area contributed by atoms with Gasteiger partial charge < -0.3 is 9.88 Å². The molecule has 0 fully saturated rings. The number of thiophene rings is 1. The summed E-state index contributed by atoms with van der Waals surface area (Å²) in [6, 6.07) is 13.8. The lowest BCUT2D eigenvalue weighted by Gasteiger charge is -2.17. The molecule has 1 amide bonds. The Morgan fingerprint density at radius 3 is 3.04 bits per heavy atom. The topological polar surface area (TPSA) is 49.0 Å². The van der Waals surface area contributed by atoms with Crippen molar-refractivity contribution in [3.8, 4) is 0 Å². The Kier molecular flexibility index (Phi) is 3.35. The molecule has 23 heavy (non-hydrogen) atoms. The number of nitrogens with one attached hydrogen (secondary N) is 1. The van der Waals surface area contributed by atoms with E-state index < -0.39 is 0 Å². The van der Waals surface area contributed by atoms with E-state index in [4.69, 9.17) is 0 Å². The molecular weight excluding hydrogens is 306 g/mol. The summed E-state index contributed by atoms with van der Waals surface area (Å²) < 4.78 is 1.25. The minimum Gasteiger partial charge on any atom is -0.345 e. The maximum atomic E-state index is 12.7. The van der Waals surface area contributed by atoms with Crippen LogP contribution in [0.1, 0.15) is 15.9 Å². The van der Waals surface area contributed by atoms with Crippen molar-refractivity contribution in [3.05, 3.63) is 65.3 Å². The maximum Gasteiger partial charge on any atom is 0.253 e. The average molecular weight is 321 g/mol. The fourth-order valence-electron chi connectivity index (χ4n) is 2.77. The molecule has 2 aromatic carbocycles. The summed E-state index contributed by atoms with van der Waals surface area (Å²) >= 11 is 1.72. The molecule has 0 bridgehead atoms. The molecule has 0 atom stereocenters. The van der Waals surface area contributed by atoms with Crippen LogP contribution in [0.15, 0.2) is 54.2 Å². The molecule has 114 valence electrons. The van der Waals surface area contributed by atoms with Gasteiger partial charge in [0.2, 0.25) is 0 Å². The molecule has 4 aromatic rings. The van der Waals surface area contributed by atoms with Gasteiger partial charge in [-0.25, -0.2) is 4.98 Å². The highest BCUT2D eigenvalue weighted by molar-refractivity contribution is 7.17. The van der Waals surface area contributed by atoms with Gasteiger partial charge in [0.1, 0.15) is 0 Å². The average Bonchev–Trinajstić information content (AvgIpc) is 3.20. The molecule has 0 aliphatic carbocycles. The van der Waals surface area contributed by atoms with E-state index in [0.29, 0.717) is 12.1 Å². The molecule has 0 radical (unpaired) electrons. The van der Waals surface area contributed by atoms with Gasteiger partial charge in [0.05, 0.1) is 17.4 Å². The third kappa shape index (κ3) is 2.49. The minimum absolute atomic E-state index is 0.0109. The number of amides is 1. The highest BCUT2D eigenvalue weighted by Crippen LogP contribution is 2.26. The summed E-state index contributed by atoms with van der Waals surface area (Å²) in [5.74, 6) is 0.0109. The Morgan fingerprint density at radius 1 is 1.26 bits per heavy atom. The normalized spacial score (nSPS) is 11.2.